The van der Waals surface area contributed by atoms with Gasteiger partial charge >= 0.3 is 0 Å². The zero-order valence-electron chi connectivity index (χ0n) is 57.4. The summed E-state index contributed by atoms with van der Waals surface area (Å²) in [6, 6.07) is -2.50. The Hall–Kier alpha value is -3.95. The normalized spacial score (nSPS) is 25.5. The van der Waals surface area contributed by atoms with Gasteiger partial charge in [0.1, 0.15) is 61.5 Å². The molecule has 96 heavy (non-hydrogen) atoms. The average molecular weight is 1370 g/mol. The summed E-state index contributed by atoms with van der Waals surface area (Å²) < 4.78 is 0. The Morgan fingerprint density at radius 3 is 1.84 bits per heavy atom. The Kier molecular flexibility index (Phi) is 37.6. The highest BCUT2D eigenvalue weighted by Crippen LogP contribution is 2.30. The molecular weight excluding hydrogens is 1250 g/mol. The van der Waals surface area contributed by atoms with Crippen LogP contribution in [0.4, 0.5) is 0 Å². The molecule has 31 heteroatoms. The summed E-state index contributed by atoms with van der Waals surface area (Å²) in [5.41, 5.74) is 3.13. The van der Waals surface area contributed by atoms with Crippen LogP contribution in [0.2, 0.25) is 0 Å². The number of unbranched alkanes of at least 4 members (excludes halogenated alkanes) is 3. The van der Waals surface area contributed by atoms with Crippen molar-refractivity contribution >= 4 is 17.7 Å². The van der Waals surface area contributed by atoms with Crippen molar-refractivity contribution in [1.82, 2.24) is 71.9 Å². The molecule has 3 amide bonds. The summed E-state index contributed by atoms with van der Waals surface area (Å²) >= 11 is 0. The number of hydrogen-bond acceptors (Lipinski definition) is 28. The van der Waals surface area contributed by atoms with Gasteiger partial charge in [-0.1, -0.05) is 64.8 Å². The van der Waals surface area contributed by atoms with E-state index in [1.807, 2.05) is 23.8 Å². The Labute approximate surface area is 567 Å². The number of aliphatic hydroxyl groups is 14. The van der Waals surface area contributed by atoms with Crippen molar-refractivity contribution in [2.24, 2.45) is 5.92 Å². The van der Waals surface area contributed by atoms with Crippen LogP contribution in [0.25, 0.3) is 0 Å². The van der Waals surface area contributed by atoms with Crippen LogP contribution in [-0.4, -0.2) is 361 Å². The SMILES string of the molecule is CCC1NC2=CCC([C@@H](O)N(C)C[C@@H]3NC4=CC=CCC4N3)C=C2CN(CCCCCCNC(=O)[C@H](CC[C@@H](O)NC[C@H](O)[C@@H](O)[C@H](O)C(O)CO)N[C@H](O)[C@H](CCC(=O)NC[C@@H](O)[C@H](O)[C@@H](O)C(O)CO)NC(=O)CN2CCN(CC)CCN(CC)CCN(CC)CC2)[C@@H]1O. The molecule has 0 aromatic carbocycles. The van der Waals surface area contributed by atoms with Gasteiger partial charge in [-0.25, -0.2) is 0 Å². The zero-order valence-corrected chi connectivity index (χ0v) is 57.4. The topological polar surface area (TPSA) is 450 Å². The molecule has 3 fully saturated rings. The van der Waals surface area contributed by atoms with Crippen LogP contribution >= 0.6 is 0 Å². The quantitative estimate of drug-likeness (QED) is 0.0200. The Morgan fingerprint density at radius 2 is 1.26 bits per heavy atom. The second kappa shape index (κ2) is 43.7. The van der Waals surface area contributed by atoms with E-state index in [4.69, 9.17) is 0 Å². The van der Waals surface area contributed by atoms with Gasteiger partial charge in [-0.3, -0.25) is 45.0 Å². The van der Waals surface area contributed by atoms with Gasteiger partial charge in [0.05, 0.1) is 62.3 Å². The lowest BCUT2D eigenvalue weighted by Crippen LogP contribution is -2.58. The van der Waals surface area contributed by atoms with E-state index >= 15 is 0 Å². The minimum Gasteiger partial charge on any atom is -0.394 e. The number of carbonyl (C=O) groups is 3. The molecule has 22 N–H and O–H groups in total. The first-order valence-corrected chi connectivity index (χ1v) is 35.1. The van der Waals surface area contributed by atoms with Gasteiger partial charge in [0.15, 0.2) is 0 Å². The van der Waals surface area contributed by atoms with Gasteiger partial charge in [-0.2, -0.15) is 0 Å². The highest BCUT2D eigenvalue weighted by molar-refractivity contribution is 5.82. The molecule has 5 aliphatic rings. The lowest BCUT2D eigenvalue weighted by Gasteiger charge is -2.34. The molecular formula is C65H122N14O17. The number of fused-ring (bicyclic) bond motifs is 2. The molecule has 0 saturated carbocycles. The summed E-state index contributed by atoms with van der Waals surface area (Å²) in [6.45, 7) is 15.7. The molecule has 5 rings (SSSR count). The second-order valence-electron chi connectivity index (χ2n) is 26.4. The van der Waals surface area contributed by atoms with E-state index in [0.29, 0.717) is 71.5 Å². The summed E-state index contributed by atoms with van der Waals surface area (Å²) in [7, 11) is 1.92. The molecule has 5 unspecified atom stereocenters. The molecule has 0 aromatic rings. The first-order chi connectivity index (χ1) is 45.9. The van der Waals surface area contributed by atoms with Gasteiger partial charge in [0.25, 0.3) is 0 Å². The fourth-order valence-corrected chi connectivity index (χ4v) is 12.7. The van der Waals surface area contributed by atoms with Crippen molar-refractivity contribution in [1.29, 1.82) is 0 Å². The molecule has 554 valence electrons. The minimum absolute atomic E-state index is 0.00432. The van der Waals surface area contributed by atoms with Gasteiger partial charge in [0, 0.05) is 115 Å². The number of amides is 3. The zero-order chi connectivity index (χ0) is 70.4. The van der Waals surface area contributed by atoms with Gasteiger partial charge < -0.3 is 113 Å². The highest BCUT2D eigenvalue weighted by atomic mass is 16.4. The Morgan fingerprint density at radius 1 is 0.677 bits per heavy atom. The third-order valence-corrected chi connectivity index (χ3v) is 19.3. The standard InChI is InChI=1S/C65H122N14O17/c1-6-44-65(96)79(37-43-34-42(18-19-45(43)69-44)64(95)74(5)38-54-70-46-16-12-13-17-47(46)71-54)25-15-11-10-14-24-66-62(93)48(20-22-55(86)67-35-50(82)58(89)60(91)52(84)40-80)73-63(94)49(21-23-56(87)68-36-51(83)59(90)61(92)53(85)41-81)72-57(88)39-78-32-30-76(8-3)28-26-75(7-2)27-29-77(9-4)31-33-78/h12-13,16,19,34,42,44,47-55,58-61,63-65,67,69-71,73,80-86,89-92,94-96H,6-11,14-15,17-18,20-33,35-41H2,1-5H3,(H,66,93)(H,68,87)(H,72,88)/t42?,44?,47?,48-,49-,50-,51+,52?,53?,54+,55+,58+,59-,60+,61-,63+,64+,65+/m0/s1. The first-order valence-electron chi connectivity index (χ1n) is 35.1. The van der Waals surface area contributed by atoms with Crippen molar-refractivity contribution in [3.05, 3.63) is 47.3 Å². The number of likely N-dealkylation sites (N-methyl/N-ethyl adjacent to an activating group) is 4. The first kappa shape index (κ1) is 82.7. The number of carbonyl (C=O) groups excluding carboxylic acids is 3. The molecule has 3 heterocycles. The fraction of sp³-hybridized carbons (Fsp3) is 0.831. The Balaban J connectivity index is 1.25. The van der Waals surface area contributed by atoms with Crippen LogP contribution < -0.4 is 42.5 Å². The minimum atomic E-state index is -1.95. The van der Waals surface area contributed by atoms with Crippen LogP contribution in [0.5, 0.6) is 0 Å². The number of hydrogen-bond donors (Lipinski definition) is 22. The maximum atomic E-state index is 14.3. The van der Waals surface area contributed by atoms with Crippen LogP contribution in [-0.2, 0) is 14.4 Å². The molecule has 18 atom stereocenters. The van der Waals surface area contributed by atoms with E-state index in [-0.39, 0.29) is 62.9 Å². The lowest BCUT2D eigenvalue weighted by atomic mass is 9.91. The van der Waals surface area contributed by atoms with E-state index < -0.39 is 130 Å². The van der Waals surface area contributed by atoms with E-state index in [9.17, 15) is 85.9 Å². The molecule has 0 bridgehead atoms. The number of allylic oxidation sites excluding steroid dienone is 3. The maximum Gasteiger partial charge on any atom is 0.237 e. The number of nitrogens with one attached hydrogen (secondary N) is 8. The van der Waals surface area contributed by atoms with E-state index in [1.54, 1.807) is 0 Å². The van der Waals surface area contributed by atoms with E-state index in [2.05, 4.69) is 113 Å². The van der Waals surface area contributed by atoms with Crippen LogP contribution in [0, 0.1) is 5.92 Å². The number of nitrogens with zero attached hydrogens (tertiary/aromatic N) is 6. The van der Waals surface area contributed by atoms with E-state index in [1.165, 1.54) is 0 Å². The molecule has 0 aromatic heterocycles. The summed E-state index contributed by atoms with van der Waals surface area (Å²) in [6.07, 6.45) is -4.96. The molecule has 0 radical (unpaired) electrons. The smallest absolute Gasteiger partial charge is 0.237 e. The third-order valence-electron chi connectivity index (χ3n) is 19.3. The largest absolute Gasteiger partial charge is 0.394 e. The van der Waals surface area contributed by atoms with Crippen LogP contribution in [0.3, 0.4) is 0 Å². The van der Waals surface area contributed by atoms with Crippen LogP contribution in [0.1, 0.15) is 98.3 Å². The fourth-order valence-electron chi connectivity index (χ4n) is 12.7. The highest BCUT2D eigenvalue weighted by Gasteiger charge is 2.37. The summed E-state index contributed by atoms with van der Waals surface area (Å²) in [5.74, 6) is -1.95. The van der Waals surface area contributed by atoms with E-state index in [0.717, 1.165) is 82.0 Å². The maximum absolute atomic E-state index is 14.3. The van der Waals surface area contributed by atoms with Gasteiger partial charge in [-0.05, 0) is 89.7 Å². The van der Waals surface area contributed by atoms with Crippen molar-refractivity contribution in [3.8, 4) is 0 Å². The molecule has 0 spiro atoms. The molecule has 31 nitrogen and oxygen atoms in total. The average Bonchev–Trinajstić information content (AvgIpc) is 1.64. The predicted octanol–water partition coefficient (Wildman–Crippen LogP) is -7.02. The second-order valence-corrected chi connectivity index (χ2v) is 26.4. The molecule has 3 saturated heterocycles. The molecule has 2 aliphatic carbocycles. The van der Waals surface area contributed by atoms with Crippen molar-refractivity contribution < 1.29 is 85.9 Å². The Bertz CT molecular complexity index is 2370. The third kappa shape index (κ3) is 27.2. The van der Waals surface area contributed by atoms with Gasteiger partial charge in [-0.15, -0.1) is 0 Å². The van der Waals surface area contributed by atoms with Crippen molar-refractivity contribution in [2.45, 2.75) is 202 Å². The monoisotopic (exact) mass is 1370 g/mol. The number of aliphatic hydroxyl groups excluding tert-OH is 14. The van der Waals surface area contributed by atoms with Crippen molar-refractivity contribution in [3.63, 3.8) is 0 Å². The lowest BCUT2D eigenvalue weighted by molar-refractivity contribution is -0.128. The molecule has 3 aliphatic heterocycles. The summed E-state index contributed by atoms with van der Waals surface area (Å²) in [4.78, 5) is 55.1. The van der Waals surface area contributed by atoms with Gasteiger partial charge in [0.2, 0.25) is 17.7 Å². The summed E-state index contributed by atoms with van der Waals surface area (Å²) in [5, 5.41) is 171. The predicted molar refractivity (Wildman–Crippen MR) is 360 cm³/mol. The van der Waals surface area contributed by atoms with Crippen LogP contribution in [0.15, 0.2) is 47.3 Å². The van der Waals surface area contributed by atoms with Crippen molar-refractivity contribution in [2.75, 3.05) is 138 Å². The number of rotatable bonds is 41.